The van der Waals surface area contributed by atoms with Gasteiger partial charge in [-0.15, -0.1) is 0 Å². The van der Waals surface area contributed by atoms with E-state index in [1.54, 1.807) is 0 Å². The molecule has 71 heavy (non-hydrogen) atoms. The van der Waals surface area contributed by atoms with Crippen LogP contribution in [0.4, 0.5) is 0 Å². The second kappa shape index (κ2) is 15.7. The summed E-state index contributed by atoms with van der Waals surface area (Å²) in [6, 6.07) is 81.5. The van der Waals surface area contributed by atoms with Crippen molar-refractivity contribution in [1.29, 1.82) is 0 Å². The molecule has 1 aliphatic carbocycles. The number of para-hydroxylation sites is 2. The van der Waals surface area contributed by atoms with Gasteiger partial charge in [0.15, 0.2) is 5.84 Å². The van der Waals surface area contributed by atoms with E-state index in [-0.39, 0.29) is 5.92 Å². The second-order valence-corrected chi connectivity index (χ2v) is 19.2. The highest BCUT2D eigenvalue weighted by Gasteiger charge is 2.30. The third-order valence-corrected chi connectivity index (χ3v) is 15.2. The Labute approximate surface area is 409 Å². The van der Waals surface area contributed by atoms with Crippen LogP contribution in [0.3, 0.4) is 0 Å². The van der Waals surface area contributed by atoms with Gasteiger partial charge in [-0.25, -0.2) is 9.98 Å². The third-order valence-electron chi connectivity index (χ3n) is 15.2. The predicted molar refractivity (Wildman–Crippen MR) is 294 cm³/mol. The van der Waals surface area contributed by atoms with Crippen molar-refractivity contribution in [3.63, 3.8) is 0 Å². The number of nitrogens with one attached hydrogen (secondary N) is 1. The molecule has 1 aliphatic heterocycles. The number of aliphatic imine (C=N–C) groups is 2. The first-order valence-electron chi connectivity index (χ1n) is 24.7. The van der Waals surface area contributed by atoms with Gasteiger partial charge in [0.25, 0.3) is 0 Å². The Hall–Kier alpha value is -9.06. The fourth-order valence-electron chi connectivity index (χ4n) is 11.9. The van der Waals surface area contributed by atoms with Gasteiger partial charge in [-0.1, -0.05) is 164 Å². The molecule has 0 spiro atoms. The molecule has 0 saturated carbocycles. The molecule has 1 unspecified atom stereocenters. The maximum atomic E-state index is 7.06. The number of amidine groups is 2. The first-order chi connectivity index (χ1) is 35.2. The van der Waals surface area contributed by atoms with Crippen LogP contribution >= 0.6 is 0 Å². The number of aromatic nitrogens is 1. The molecule has 11 aromatic carbocycles. The summed E-state index contributed by atoms with van der Waals surface area (Å²) in [4.78, 5) is 11.3. The van der Waals surface area contributed by atoms with E-state index in [4.69, 9.17) is 14.4 Å². The third kappa shape index (κ3) is 6.40. The summed E-state index contributed by atoms with van der Waals surface area (Å²) in [6.45, 7) is 0. The largest absolute Gasteiger partial charge is 0.456 e. The highest BCUT2D eigenvalue weighted by molar-refractivity contribution is 6.26. The highest BCUT2D eigenvalue weighted by Crippen LogP contribution is 2.46. The van der Waals surface area contributed by atoms with Crippen LogP contribution in [0.1, 0.15) is 51.9 Å². The van der Waals surface area contributed by atoms with Crippen LogP contribution in [0, 0.1) is 0 Å². The number of furan rings is 1. The molecule has 5 heteroatoms. The van der Waals surface area contributed by atoms with Gasteiger partial charge in [-0.3, -0.25) is 0 Å². The zero-order valence-electron chi connectivity index (χ0n) is 38.7. The lowest BCUT2D eigenvalue weighted by atomic mass is 9.84. The average Bonchev–Trinajstić information content (AvgIpc) is 3.91. The second-order valence-electron chi connectivity index (χ2n) is 19.2. The van der Waals surface area contributed by atoms with E-state index in [9.17, 15) is 0 Å². The van der Waals surface area contributed by atoms with E-state index in [1.165, 1.54) is 49.4 Å². The smallest absolute Gasteiger partial charge is 0.160 e. The molecule has 2 aliphatic rings. The van der Waals surface area contributed by atoms with Crippen molar-refractivity contribution in [2.24, 2.45) is 9.98 Å². The van der Waals surface area contributed by atoms with Crippen molar-refractivity contribution in [3.05, 3.63) is 258 Å². The Balaban J connectivity index is 0.986. The zero-order chi connectivity index (χ0) is 46.6. The minimum absolute atomic E-state index is 0.0867. The van der Waals surface area contributed by atoms with E-state index in [2.05, 4.69) is 234 Å². The normalized spacial score (nSPS) is 15.8. The van der Waals surface area contributed by atoms with Gasteiger partial charge in [0.1, 0.15) is 23.2 Å². The summed E-state index contributed by atoms with van der Waals surface area (Å²) in [5, 5.41) is 15.5. The van der Waals surface area contributed by atoms with Crippen molar-refractivity contribution in [3.8, 4) is 16.8 Å². The van der Waals surface area contributed by atoms with Crippen molar-refractivity contribution >= 4 is 87.7 Å². The molecule has 2 aromatic heterocycles. The summed E-state index contributed by atoms with van der Waals surface area (Å²) < 4.78 is 9.43. The zero-order valence-corrected chi connectivity index (χ0v) is 38.7. The van der Waals surface area contributed by atoms with Crippen LogP contribution in [-0.2, 0) is 6.42 Å². The van der Waals surface area contributed by atoms with Gasteiger partial charge in [0.05, 0.1) is 11.0 Å². The fraction of sp³-hybridized carbons (Fsp3) is 0.0606. The van der Waals surface area contributed by atoms with Crippen LogP contribution in [0.5, 0.6) is 0 Å². The SMILES string of the molecule is c1ccc(-n2c3ccccc3c3c(C4=NC(c5ccc6ccccc6c5)NC(c5cc([C@@H]6CCc7cc8ccccc8cc7-c7ccccc76)cc6oc7cc8ccccc8cc7c56)=N4)cccc32)cc1. The van der Waals surface area contributed by atoms with Gasteiger partial charge in [0.2, 0.25) is 0 Å². The Morgan fingerprint density at radius 2 is 1.13 bits per heavy atom. The molecule has 0 bridgehead atoms. The lowest BCUT2D eigenvalue weighted by Gasteiger charge is -2.26. The molecule has 3 heterocycles. The van der Waals surface area contributed by atoms with Crippen LogP contribution < -0.4 is 5.32 Å². The molecule has 0 radical (unpaired) electrons. The summed E-state index contributed by atoms with van der Waals surface area (Å²) in [5.74, 6) is 1.53. The first kappa shape index (κ1) is 39.9. The number of benzene rings is 11. The molecule has 334 valence electrons. The summed E-state index contributed by atoms with van der Waals surface area (Å²) >= 11 is 0. The summed E-state index contributed by atoms with van der Waals surface area (Å²) in [7, 11) is 0. The minimum Gasteiger partial charge on any atom is -0.456 e. The highest BCUT2D eigenvalue weighted by atomic mass is 16.3. The molecule has 0 fully saturated rings. The summed E-state index contributed by atoms with van der Waals surface area (Å²) in [5.41, 5.74) is 14.6. The summed E-state index contributed by atoms with van der Waals surface area (Å²) in [6.07, 6.45) is 1.44. The van der Waals surface area contributed by atoms with E-state index >= 15 is 0 Å². The van der Waals surface area contributed by atoms with Gasteiger partial charge in [0, 0.05) is 44.3 Å². The van der Waals surface area contributed by atoms with Gasteiger partial charge in [-0.05, 0) is 139 Å². The maximum Gasteiger partial charge on any atom is 0.160 e. The van der Waals surface area contributed by atoms with Gasteiger partial charge in [-0.2, -0.15) is 0 Å². The number of nitrogens with zero attached hydrogens (tertiary/aromatic N) is 3. The Morgan fingerprint density at radius 3 is 1.97 bits per heavy atom. The molecule has 0 amide bonds. The predicted octanol–water partition coefficient (Wildman–Crippen LogP) is 16.4. The van der Waals surface area contributed by atoms with Crippen molar-refractivity contribution in [2.75, 3.05) is 0 Å². The Morgan fingerprint density at radius 1 is 0.451 bits per heavy atom. The number of hydrogen-bond acceptors (Lipinski definition) is 4. The molecular weight excluding hydrogens is 865 g/mol. The van der Waals surface area contributed by atoms with Gasteiger partial charge < -0.3 is 14.3 Å². The monoisotopic (exact) mass is 908 g/mol. The van der Waals surface area contributed by atoms with Crippen LogP contribution in [0.15, 0.2) is 239 Å². The van der Waals surface area contributed by atoms with Gasteiger partial charge >= 0.3 is 0 Å². The van der Waals surface area contributed by atoms with E-state index in [0.717, 1.165) is 95.6 Å². The number of hydrogen-bond donors (Lipinski definition) is 1. The molecular formula is C66H44N4O. The van der Waals surface area contributed by atoms with Crippen molar-refractivity contribution in [1.82, 2.24) is 9.88 Å². The van der Waals surface area contributed by atoms with Crippen LogP contribution in [0.2, 0.25) is 0 Å². The van der Waals surface area contributed by atoms with E-state index < -0.39 is 6.17 Å². The molecule has 5 nitrogen and oxygen atoms in total. The topological polar surface area (TPSA) is 54.8 Å². The fourth-order valence-corrected chi connectivity index (χ4v) is 11.9. The molecule has 0 saturated heterocycles. The van der Waals surface area contributed by atoms with E-state index in [1.807, 2.05) is 0 Å². The molecule has 15 rings (SSSR count). The standard InChI is InChI=1S/C66H44N4O/c1-2-21-49(22-3-1)70-58-27-13-12-25-53(58)62-54(26-14-28-59(62)70)65-67-64(47-30-29-40-15-4-5-16-41(40)34-47)68-66(69-65)57-37-48(39-61-63(57)56-36-44-19-8-9-20-45(44)38-60(56)71-61)50-32-31-46-33-42-17-6-7-18-43(42)35-55(46)52-24-11-10-23-51(50)52/h1-30,33-39,50,64H,31-32H2,(H,67,68,69)/t50-,64?/m0/s1. The van der Waals surface area contributed by atoms with E-state index in [0.29, 0.717) is 5.84 Å². The Bertz CT molecular complexity index is 4400. The van der Waals surface area contributed by atoms with Crippen molar-refractivity contribution < 1.29 is 4.42 Å². The lowest BCUT2D eigenvalue weighted by molar-refractivity contribution is 0.664. The lowest BCUT2D eigenvalue weighted by Crippen LogP contribution is -2.34. The molecule has 2 atom stereocenters. The van der Waals surface area contributed by atoms with Crippen LogP contribution in [-0.4, -0.2) is 16.2 Å². The Kier molecular flexibility index (Phi) is 8.84. The molecule has 1 N–H and O–H groups in total. The number of aryl methyl sites for hydroxylation is 1. The number of fused-ring (bicyclic) bond motifs is 12. The minimum atomic E-state index is -0.445. The average molecular weight is 909 g/mol. The quantitative estimate of drug-likeness (QED) is 0.187. The number of rotatable bonds is 5. The first-order valence-corrected chi connectivity index (χ1v) is 24.7. The molecule has 13 aromatic rings. The maximum absolute atomic E-state index is 7.06. The van der Waals surface area contributed by atoms with Crippen molar-refractivity contribution in [2.45, 2.75) is 24.9 Å². The van der Waals surface area contributed by atoms with Crippen LogP contribution in [0.25, 0.3) is 92.9 Å².